The summed E-state index contributed by atoms with van der Waals surface area (Å²) < 4.78 is 6.13. The summed E-state index contributed by atoms with van der Waals surface area (Å²) in [6, 6.07) is 6.83. The molecule has 0 aliphatic rings. The quantitative estimate of drug-likeness (QED) is 0.869. The van der Waals surface area contributed by atoms with E-state index in [4.69, 9.17) is 4.74 Å². The fourth-order valence-electron chi connectivity index (χ4n) is 1.82. The molecule has 0 aliphatic carbocycles. The molecule has 2 aromatic rings. The van der Waals surface area contributed by atoms with Gasteiger partial charge < -0.3 is 15.2 Å². The number of nitrogens with one attached hydrogen (secondary N) is 1. The Hall–Kier alpha value is -1.92. The third kappa shape index (κ3) is 4.03. The zero-order valence-corrected chi connectivity index (χ0v) is 13.1. The molecule has 5 nitrogen and oxygen atoms in total. The van der Waals surface area contributed by atoms with Crippen LogP contribution < -0.4 is 10.1 Å². The first-order valence-corrected chi connectivity index (χ1v) is 7.21. The second-order valence-electron chi connectivity index (χ2n) is 4.26. The first-order chi connectivity index (χ1) is 10.1. The Bertz CT molecular complexity index is 647. The molecule has 110 valence electrons. The molecule has 1 aromatic carbocycles. The normalized spacial score (nSPS) is 10.2. The van der Waals surface area contributed by atoms with Crippen molar-refractivity contribution in [3.63, 3.8) is 0 Å². The molecular formula is C15H15BrN2O3. The molecule has 2 rings (SSSR count). The first-order valence-electron chi connectivity index (χ1n) is 6.42. The number of ether oxygens (including phenoxy) is 1. The van der Waals surface area contributed by atoms with Crippen LogP contribution in [0.5, 0.6) is 5.75 Å². The van der Waals surface area contributed by atoms with Gasteiger partial charge in [0.25, 0.3) is 5.91 Å². The zero-order chi connectivity index (χ0) is 15.2. The van der Waals surface area contributed by atoms with Gasteiger partial charge in [-0.1, -0.05) is 0 Å². The van der Waals surface area contributed by atoms with Gasteiger partial charge in [-0.15, -0.1) is 0 Å². The van der Waals surface area contributed by atoms with Gasteiger partial charge in [-0.05, 0) is 47.1 Å². The smallest absolute Gasteiger partial charge is 0.257 e. The molecule has 0 fully saturated rings. The largest absolute Gasteiger partial charge is 0.494 e. The van der Waals surface area contributed by atoms with Gasteiger partial charge in [-0.2, -0.15) is 0 Å². The average Bonchev–Trinajstić information content (AvgIpc) is 2.49. The molecule has 0 saturated heterocycles. The lowest BCUT2D eigenvalue weighted by Crippen LogP contribution is -2.12. The number of hydrogen-bond acceptors (Lipinski definition) is 4. The Balaban J connectivity index is 2.17. The maximum Gasteiger partial charge on any atom is 0.257 e. The van der Waals surface area contributed by atoms with Gasteiger partial charge in [0.05, 0.1) is 18.8 Å². The molecule has 0 radical (unpaired) electrons. The molecule has 1 heterocycles. The van der Waals surface area contributed by atoms with Crippen LogP contribution in [0.1, 0.15) is 22.8 Å². The van der Waals surface area contributed by atoms with E-state index < -0.39 is 0 Å². The van der Waals surface area contributed by atoms with Gasteiger partial charge in [0.2, 0.25) is 0 Å². The van der Waals surface area contributed by atoms with Crippen molar-refractivity contribution in [2.75, 3.05) is 11.9 Å². The fraction of sp³-hybridized carbons (Fsp3) is 0.200. The number of carbonyl (C=O) groups excluding carboxylic acids is 1. The lowest BCUT2D eigenvalue weighted by molar-refractivity contribution is 0.102. The van der Waals surface area contributed by atoms with Gasteiger partial charge in [0, 0.05) is 28.1 Å². The Labute approximate surface area is 131 Å². The van der Waals surface area contributed by atoms with Crippen LogP contribution in [0.25, 0.3) is 0 Å². The third-order valence-electron chi connectivity index (χ3n) is 2.76. The van der Waals surface area contributed by atoms with Crippen molar-refractivity contribution in [3.8, 4) is 5.75 Å². The minimum absolute atomic E-state index is 0.155. The molecule has 0 spiro atoms. The lowest BCUT2D eigenvalue weighted by atomic mass is 10.1. The summed E-state index contributed by atoms with van der Waals surface area (Å²) in [4.78, 5) is 16.1. The topological polar surface area (TPSA) is 71.5 Å². The highest BCUT2D eigenvalue weighted by atomic mass is 79.9. The van der Waals surface area contributed by atoms with Gasteiger partial charge in [-0.3, -0.25) is 9.78 Å². The van der Waals surface area contributed by atoms with Crippen LogP contribution in [0.3, 0.4) is 0 Å². The van der Waals surface area contributed by atoms with E-state index in [1.807, 2.05) is 6.92 Å². The van der Waals surface area contributed by atoms with Crippen LogP contribution in [-0.4, -0.2) is 22.6 Å². The van der Waals surface area contributed by atoms with Crippen molar-refractivity contribution in [2.45, 2.75) is 13.5 Å². The molecule has 21 heavy (non-hydrogen) atoms. The predicted molar refractivity (Wildman–Crippen MR) is 83.4 cm³/mol. The number of nitrogens with zero attached hydrogens (tertiary/aromatic N) is 1. The maximum atomic E-state index is 12.1. The standard InChI is InChI=1S/C15H15BrN2O3/c1-2-21-14-4-3-13(6-11(14)9-19)18-15(20)10-5-12(16)8-17-7-10/h3-8,19H,2,9H2,1H3,(H,18,20). The van der Waals surface area contributed by atoms with Crippen LogP contribution in [-0.2, 0) is 6.61 Å². The Morgan fingerprint density at radius 1 is 1.38 bits per heavy atom. The van der Waals surface area contributed by atoms with Gasteiger partial charge in [-0.25, -0.2) is 0 Å². The third-order valence-corrected chi connectivity index (χ3v) is 3.19. The zero-order valence-electron chi connectivity index (χ0n) is 11.5. The summed E-state index contributed by atoms with van der Waals surface area (Å²) in [5.74, 6) is 0.346. The highest BCUT2D eigenvalue weighted by Gasteiger charge is 2.09. The second-order valence-corrected chi connectivity index (χ2v) is 5.18. The van der Waals surface area contributed by atoms with Crippen molar-refractivity contribution in [2.24, 2.45) is 0 Å². The number of aliphatic hydroxyl groups excluding tert-OH is 1. The number of benzene rings is 1. The molecule has 1 aromatic heterocycles. The van der Waals surface area contributed by atoms with Crippen LogP contribution in [0.4, 0.5) is 5.69 Å². The highest BCUT2D eigenvalue weighted by Crippen LogP contribution is 2.23. The number of pyridine rings is 1. The molecule has 0 atom stereocenters. The van der Waals surface area contributed by atoms with Crippen molar-refractivity contribution in [1.29, 1.82) is 0 Å². The average molecular weight is 351 g/mol. The summed E-state index contributed by atoms with van der Waals surface area (Å²) in [5, 5.41) is 12.1. The van der Waals surface area contributed by atoms with Gasteiger partial charge >= 0.3 is 0 Å². The van der Waals surface area contributed by atoms with E-state index in [-0.39, 0.29) is 12.5 Å². The minimum atomic E-state index is -0.267. The van der Waals surface area contributed by atoms with Crippen LogP contribution in [0.2, 0.25) is 0 Å². The van der Waals surface area contributed by atoms with Crippen LogP contribution >= 0.6 is 15.9 Å². The van der Waals surface area contributed by atoms with Crippen molar-refractivity contribution >= 4 is 27.5 Å². The van der Waals surface area contributed by atoms with Gasteiger partial charge in [0.1, 0.15) is 5.75 Å². The molecule has 6 heteroatoms. The monoisotopic (exact) mass is 350 g/mol. The second kappa shape index (κ2) is 7.19. The summed E-state index contributed by atoms with van der Waals surface area (Å²) in [5.41, 5.74) is 1.67. The van der Waals surface area contributed by atoms with Crippen LogP contribution in [0.15, 0.2) is 41.1 Å². The molecule has 0 aliphatic heterocycles. The van der Waals surface area contributed by atoms with E-state index in [1.165, 1.54) is 6.20 Å². The Morgan fingerprint density at radius 3 is 2.86 bits per heavy atom. The van der Waals surface area contributed by atoms with E-state index >= 15 is 0 Å². The number of amides is 1. The molecular weight excluding hydrogens is 336 g/mol. The summed E-state index contributed by atoms with van der Waals surface area (Å²) >= 11 is 3.27. The van der Waals surface area contributed by atoms with E-state index in [0.717, 1.165) is 4.47 Å². The molecule has 0 saturated carbocycles. The SMILES string of the molecule is CCOc1ccc(NC(=O)c2cncc(Br)c2)cc1CO. The Kier molecular flexibility index (Phi) is 5.30. The van der Waals surface area contributed by atoms with E-state index in [1.54, 1.807) is 30.5 Å². The highest BCUT2D eigenvalue weighted by molar-refractivity contribution is 9.10. The Morgan fingerprint density at radius 2 is 2.19 bits per heavy atom. The number of rotatable bonds is 5. The summed E-state index contributed by atoms with van der Waals surface area (Å²) in [7, 11) is 0. The van der Waals surface area contributed by atoms with E-state index in [2.05, 4.69) is 26.2 Å². The van der Waals surface area contributed by atoms with Gasteiger partial charge in [0.15, 0.2) is 0 Å². The summed E-state index contributed by atoms with van der Waals surface area (Å²) in [6.45, 7) is 2.23. The van der Waals surface area contributed by atoms with E-state index in [9.17, 15) is 9.90 Å². The molecule has 1 amide bonds. The van der Waals surface area contributed by atoms with Crippen molar-refractivity contribution < 1.29 is 14.6 Å². The number of anilines is 1. The summed E-state index contributed by atoms with van der Waals surface area (Å²) in [6.07, 6.45) is 3.10. The molecule has 2 N–H and O–H groups in total. The van der Waals surface area contributed by atoms with Crippen LogP contribution in [0, 0.1) is 0 Å². The number of aromatic nitrogens is 1. The number of halogens is 1. The number of carbonyl (C=O) groups is 1. The maximum absolute atomic E-state index is 12.1. The number of hydrogen-bond donors (Lipinski definition) is 2. The lowest BCUT2D eigenvalue weighted by Gasteiger charge is -2.11. The van der Waals surface area contributed by atoms with Crippen molar-refractivity contribution in [3.05, 3.63) is 52.3 Å². The minimum Gasteiger partial charge on any atom is -0.494 e. The fourth-order valence-corrected chi connectivity index (χ4v) is 2.18. The van der Waals surface area contributed by atoms with E-state index in [0.29, 0.717) is 29.2 Å². The predicted octanol–water partition coefficient (Wildman–Crippen LogP) is 2.99. The molecule has 0 unspecified atom stereocenters. The first kappa shape index (κ1) is 15.5. The number of aliphatic hydroxyl groups is 1. The van der Waals surface area contributed by atoms with Crippen molar-refractivity contribution in [1.82, 2.24) is 4.98 Å². The molecule has 0 bridgehead atoms.